The zero-order valence-electron chi connectivity index (χ0n) is 8.52. The van der Waals surface area contributed by atoms with E-state index >= 15 is 0 Å². The van der Waals surface area contributed by atoms with Crippen molar-refractivity contribution in [3.63, 3.8) is 0 Å². The van der Waals surface area contributed by atoms with Crippen molar-refractivity contribution < 1.29 is 0 Å². The van der Waals surface area contributed by atoms with Gasteiger partial charge in [0.2, 0.25) is 0 Å². The van der Waals surface area contributed by atoms with Crippen LogP contribution in [-0.2, 0) is 6.42 Å². The lowest BCUT2D eigenvalue weighted by Crippen LogP contribution is -1.87. The fourth-order valence-corrected chi connectivity index (χ4v) is 1.90. The predicted octanol–water partition coefficient (Wildman–Crippen LogP) is 5.12. The summed E-state index contributed by atoms with van der Waals surface area (Å²) in [6.45, 7) is 2.21. The fraction of sp³-hybridized carbons (Fsp3) is 0.500. The first-order valence-electron chi connectivity index (χ1n) is 5.18. The Morgan fingerprint density at radius 2 is 1.86 bits per heavy atom. The zero-order chi connectivity index (χ0) is 10.4. The van der Waals surface area contributed by atoms with Gasteiger partial charge in [-0.15, -0.1) is 0 Å². The van der Waals surface area contributed by atoms with Gasteiger partial charge in [-0.2, -0.15) is 0 Å². The molecule has 0 saturated carbocycles. The first-order valence-corrected chi connectivity index (χ1v) is 5.94. The summed E-state index contributed by atoms with van der Waals surface area (Å²) in [4.78, 5) is 0. The highest BCUT2D eigenvalue weighted by Gasteiger charge is 2.03. The van der Waals surface area contributed by atoms with Crippen molar-refractivity contribution >= 4 is 23.2 Å². The van der Waals surface area contributed by atoms with E-state index < -0.39 is 0 Å². The number of unbranched alkanes of at least 4 members (excludes halogenated alkanes) is 3. The number of aryl methyl sites for hydroxylation is 1. The van der Waals surface area contributed by atoms with Crippen molar-refractivity contribution in [2.75, 3.05) is 0 Å². The number of halogens is 2. The van der Waals surface area contributed by atoms with Gasteiger partial charge in [-0.05, 0) is 24.5 Å². The third-order valence-electron chi connectivity index (χ3n) is 2.33. The quantitative estimate of drug-likeness (QED) is 0.617. The van der Waals surface area contributed by atoms with Crippen LogP contribution >= 0.6 is 23.2 Å². The van der Waals surface area contributed by atoms with Crippen molar-refractivity contribution in [1.29, 1.82) is 0 Å². The lowest BCUT2D eigenvalue weighted by atomic mass is 10.1. The molecule has 1 aromatic rings. The minimum atomic E-state index is 0.666. The minimum absolute atomic E-state index is 0.666. The number of hydrogen-bond acceptors (Lipinski definition) is 0. The summed E-state index contributed by atoms with van der Waals surface area (Å²) in [5, 5.41) is 1.39. The monoisotopic (exact) mass is 230 g/mol. The van der Waals surface area contributed by atoms with E-state index in [2.05, 4.69) is 13.0 Å². The van der Waals surface area contributed by atoms with Gasteiger partial charge in [0, 0.05) is 0 Å². The molecule has 0 aliphatic rings. The average Bonchev–Trinajstić information content (AvgIpc) is 2.19. The van der Waals surface area contributed by atoms with Crippen LogP contribution in [0.3, 0.4) is 0 Å². The van der Waals surface area contributed by atoms with E-state index in [9.17, 15) is 0 Å². The van der Waals surface area contributed by atoms with Crippen molar-refractivity contribution in [3.8, 4) is 0 Å². The SMILES string of the molecule is CCCCCCc1cccc(Cl)c1Cl. The summed E-state index contributed by atoms with van der Waals surface area (Å²) in [5.41, 5.74) is 1.18. The van der Waals surface area contributed by atoms with Crippen molar-refractivity contribution in [1.82, 2.24) is 0 Å². The van der Waals surface area contributed by atoms with Crippen LogP contribution in [0.4, 0.5) is 0 Å². The molecule has 0 aliphatic carbocycles. The fourth-order valence-electron chi connectivity index (χ4n) is 1.48. The molecule has 0 spiro atoms. The summed E-state index contributed by atoms with van der Waals surface area (Å²) < 4.78 is 0. The van der Waals surface area contributed by atoms with Crippen LogP contribution in [0.25, 0.3) is 0 Å². The molecule has 0 aliphatic heterocycles. The van der Waals surface area contributed by atoms with Crippen LogP contribution in [0.5, 0.6) is 0 Å². The van der Waals surface area contributed by atoms with Gasteiger partial charge in [-0.1, -0.05) is 61.5 Å². The Kier molecular flexibility index (Phi) is 5.36. The number of hydrogen-bond donors (Lipinski definition) is 0. The maximum Gasteiger partial charge on any atom is 0.0624 e. The van der Waals surface area contributed by atoms with Crippen LogP contribution in [0, 0.1) is 0 Å². The van der Waals surface area contributed by atoms with Gasteiger partial charge in [0.15, 0.2) is 0 Å². The van der Waals surface area contributed by atoms with Gasteiger partial charge >= 0.3 is 0 Å². The predicted molar refractivity (Wildman–Crippen MR) is 64.3 cm³/mol. The summed E-state index contributed by atoms with van der Waals surface area (Å²) in [7, 11) is 0. The second-order valence-electron chi connectivity index (χ2n) is 3.52. The molecule has 0 bridgehead atoms. The molecule has 0 heterocycles. The van der Waals surface area contributed by atoms with Gasteiger partial charge in [-0.25, -0.2) is 0 Å². The van der Waals surface area contributed by atoms with Gasteiger partial charge < -0.3 is 0 Å². The third-order valence-corrected chi connectivity index (χ3v) is 3.19. The van der Waals surface area contributed by atoms with E-state index in [0.29, 0.717) is 5.02 Å². The average molecular weight is 231 g/mol. The molecule has 0 radical (unpaired) electrons. The Bertz CT molecular complexity index is 282. The minimum Gasteiger partial charge on any atom is -0.0827 e. The molecule has 0 unspecified atom stereocenters. The van der Waals surface area contributed by atoms with E-state index in [4.69, 9.17) is 23.2 Å². The van der Waals surface area contributed by atoms with Crippen LogP contribution in [0.15, 0.2) is 18.2 Å². The van der Waals surface area contributed by atoms with E-state index in [1.54, 1.807) is 0 Å². The van der Waals surface area contributed by atoms with Crippen molar-refractivity contribution in [2.24, 2.45) is 0 Å². The lowest BCUT2D eigenvalue weighted by Gasteiger charge is -2.04. The number of benzene rings is 1. The Morgan fingerprint density at radius 1 is 1.07 bits per heavy atom. The molecule has 1 rings (SSSR count). The molecule has 0 atom stereocenters. The van der Waals surface area contributed by atoms with Crippen LogP contribution in [0.2, 0.25) is 10.0 Å². The third kappa shape index (κ3) is 3.51. The normalized spacial score (nSPS) is 10.5. The molecule has 14 heavy (non-hydrogen) atoms. The van der Waals surface area contributed by atoms with Crippen molar-refractivity contribution in [2.45, 2.75) is 39.0 Å². The molecule has 0 saturated heterocycles. The maximum absolute atomic E-state index is 6.07. The smallest absolute Gasteiger partial charge is 0.0624 e. The Labute approximate surface area is 96.2 Å². The molecular weight excluding hydrogens is 215 g/mol. The highest BCUT2D eigenvalue weighted by Crippen LogP contribution is 2.26. The summed E-state index contributed by atoms with van der Waals surface area (Å²) in [5.74, 6) is 0. The van der Waals surface area contributed by atoms with E-state index in [0.717, 1.165) is 11.4 Å². The molecule has 0 aromatic heterocycles. The summed E-state index contributed by atoms with van der Waals surface area (Å²) >= 11 is 12.0. The Balaban J connectivity index is 2.46. The maximum atomic E-state index is 6.07. The molecule has 0 nitrogen and oxygen atoms in total. The van der Waals surface area contributed by atoms with E-state index in [1.807, 2.05) is 12.1 Å². The lowest BCUT2D eigenvalue weighted by molar-refractivity contribution is 0.667. The second kappa shape index (κ2) is 6.31. The van der Waals surface area contributed by atoms with Crippen molar-refractivity contribution in [3.05, 3.63) is 33.8 Å². The Morgan fingerprint density at radius 3 is 2.57 bits per heavy atom. The molecule has 2 heteroatoms. The molecule has 78 valence electrons. The first kappa shape index (κ1) is 11.9. The topological polar surface area (TPSA) is 0 Å². The molecule has 1 aromatic carbocycles. The highest BCUT2D eigenvalue weighted by molar-refractivity contribution is 6.42. The molecular formula is C12H16Cl2. The van der Waals surface area contributed by atoms with Gasteiger partial charge in [0.1, 0.15) is 0 Å². The number of rotatable bonds is 5. The van der Waals surface area contributed by atoms with Gasteiger partial charge in [0.05, 0.1) is 10.0 Å². The summed E-state index contributed by atoms with van der Waals surface area (Å²) in [6, 6.07) is 5.85. The standard InChI is InChI=1S/C12H16Cl2/c1-2-3-4-5-7-10-8-6-9-11(13)12(10)14/h6,8-9H,2-5,7H2,1H3. The van der Waals surface area contributed by atoms with Crippen LogP contribution in [0.1, 0.15) is 38.2 Å². The zero-order valence-corrected chi connectivity index (χ0v) is 10.0. The van der Waals surface area contributed by atoms with Crippen LogP contribution in [-0.4, -0.2) is 0 Å². The molecule has 0 fully saturated rings. The summed E-state index contributed by atoms with van der Waals surface area (Å²) in [6.07, 6.45) is 6.09. The van der Waals surface area contributed by atoms with E-state index in [1.165, 1.54) is 31.2 Å². The van der Waals surface area contributed by atoms with Gasteiger partial charge in [0.25, 0.3) is 0 Å². The highest BCUT2D eigenvalue weighted by atomic mass is 35.5. The Hall–Kier alpha value is -0.200. The molecule has 0 amide bonds. The largest absolute Gasteiger partial charge is 0.0827 e. The first-order chi connectivity index (χ1) is 6.75. The van der Waals surface area contributed by atoms with Gasteiger partial charge in [-0.3, -0.25) is 0 Å². The van der Waals surface area contributed by atoms with Crippen LogP contribution < -0.4 is 0 Å². The second-order valence-corrected chi connectivity index (χ2v) is 4.31. The van der Waals surface area contributed by atoms with E-state index in [-0.39, 0.29) is 0 Å². The molecule has 0 N–H and O–H groups in total.